The van der Waals surface area contributed by atoms with Crippen molar-refractivity contribution in [2.45, 2.75) is 40.3 Å². The highest BCUT2D eigenvalue weighted by Crippen LogP contribution is 2.52. The Morgan fingerprint density at radius 1 is 1.18 bits per heavy atom. The largest absolute Gasteiger partial charge is 0.319 e. The molecule has 1 aromatic rings. The molecule has 17 heavy (non-hydrogen) atoms. The number of aromatic nitrogens is 1. The molecule has 0 spiro atoms. The van der Waals surface area contributed by atoms with Gasteiger partial charge in [0.05, 0.1) is 0 Å². The van der Waals surface area contributed by atoms with Gasteiger partial charge in [-0.15, -0.1) is 0 Å². The van der Waals surface area contributed by atoms with Gasteiger partial charge in [-0.1, -0.05) is 51.9 Å². The summed E-state index contributed by atoms with van der Waals surface area (Å²) in [5, 5.41) is 0. The summed E-state index contributed by atoms with van der Waals surface area (Å²) >= 11 is 0. The second-order valence-corrected chi connectivity index (χ2v) is 6.78. The fourth-order valence-electron chi connectivity index (χ4n) is 2.91. The van der Waals surface area contributed by atoms with Crippen molar-refractivity contribution in [2.24, 2.45) is 17.9 Å². The van der Waals surface area contributed by atoms with E-state index in [1.54, 1.807) is 11.6 Å². The van der Waals surface area contributed by atoms with Crippen LogP contribution in [0.1, 0.15) is 27.7 Å². The zero-order chi connectivity index (χ0) is 12.8. The Balaban J connectivity index is 2.32. The molecule has 2 heterocycles. The molecule has 1 aliphatic rings. The minimum Gasteiger partial charge on any atom is -0.319 e. The second kappa shape index (κ2) is 3.76. The zero-order valence-corrected chi connectivity index (χ0v) is 11.6. The molecule has 2 rings (SSSR count). The van der Waals surface area contributed by atoms with Crippen molar-refractivity contribution in [3.63, 3.8) is 0 Å². The van der Waals surface area contributed by atoms with E-state index >= 15 is 0 Å². The van der Waals surface area contributed by atoms with Crippen LogP contribution in [0.3, 0.4) is 0 Å². The molecular formula is C14H22BNO. The molecule has 1 fully saturated rings. The van der Waals surface area contributed by atoms with Crippen LogP contribution in [0.2, 0.25) is 12.6 Å². The van der Waals surface area contributed by atoms with E-state index in [4.69, 9.17) is 0 Å². The van der Waals surface area contributed by atoms with Gasteiger partial charge in [-0.05, 0) is 16.9 Å². The molecule has 0 radical (unpaired) electrons. The van der Waals surface area contributed by atoms with E-state index < -0.39 is 0 Å². The average molecular weight is 231 g/mol. The van der Waals surface area contributed by atoms with E-state index in [1.807, 2.05) is 12.3 Å². The highest BCUT2D eigenvalue weighted by atomic mass is 16.1. The van der Waals surface area contributed by atoms with Crippen molar-refractivity contribution in [2.75, 3.05) is 0 Å². The smallest absolute Gasteiger partial charge is 0.249 e. The van der Waals surface area contributed by atoms with E-state index in [0.717, 1.165) is 0 Å². The number of hydrogen-bond donors (Lipinski definition) is 0. The van der Waals surface area contributed by atoms with E-state index in [0.29, 0.717) is 17.5 Å². The molecular weight excluding hydrogens is 209 g/mol. The van der Waals surface area contributed by atoms with Gasteiger partial charge >= 0.3 is 0 Å². The molecule has 0 saturated carbocycles. The third kappa shape index (κ3) is 2.07. The van der Waals surface area contributed by atoms with Gasteiger partial charge in [-0.25, -0.2) is 0 Å². The summed E-state index contributed by atoms with van der Waals surface area (Å²) in [6.45, 7) is 9.90. The molecule has 0 bridgehead atoms. The standard InChI is InChI=1S/C14H22BNO/c1-13(2)9-15(10-14(13,3)4)11-6-7-16(5)12(17)8-11/h6-8H,9-10H2,1-5H3. The van der Waals surface area contributed by atoms with Crippen molar-refractivity contribution < 1.29 is 0 Å². The SMILES string of the molecule is Cn1ccc(B2CC(C)(C)C(C)(C)C2)cc1=O. The predicted octanol–water partition coefficient (Wildman–Crippen LogP) is 2.15. The number of aryl methyl sites for hydroxylation is 1. The molecule has 1 aliphatic heterocycles. The van der Waals surface area contributed by atoms with Crippen molar-refractivity contribution in [1.82, 2.24) is 4.57 Å². The number of nitrogens with zero attached hydrogens (tertiary/aromatic N) is 1. The second-order valence-electron chi connectivity index (χ2n) is 6.78. The van der Waals surface area contributed by atoms with Gasteiger partial charge in [0.1, 0.15) is 0 Å². The molecule has 92 valence electrons. The Morgan fingerprint density at radius 2 is 1.71 bits per heavy atom. The Bertz CT molecular complexity index is 471. The van der Waals surface area contributed by atoms with Crippen LogP contribution in [-0.2, 0) is 7.05 Å². The normalized spacial score (nSPS) is 21.8. The molecule has 3 heteroatoms. The molecule has 2 nitrogen and oxygen atoms in total. The van der Waals surface area contributed by atoms with Crippen molar-refractivity contribution in [3.05, 3.63) is 28.7 Å². The summed E-state index contributed by atoms with van der Waals surface area (Å²) in [5.41, 5.74) is 2.01. The quantitative estimate of drug-likeness (QED) is 0.679. The maximum Gasteiger partial charge on any atom is 0.249 e. The first-order chi connectivity index (χ1) is 7.73. The van der Waals surface area contributed by atoms with Gasteiger partial charge in [-0.3, -0.25) is 4.79 Å². The van der Waals surface area contributed by atoms with E-state index in [1.165, 1.54) is 18.1 Å². The fourth-order valence-corrected chi connectivity index (χ4v) is 2.91. The van der Waals surface area contributed by atoms with Gasteiger partial charge in [0.2, 0.25) is 5.56 Å². The molecule has 1 saturated heterocycles. The van der Waals surface area contributed by atoms with E-state index in [2.05, 4.69) is 33.8 Å². The van der Waals surface area contributed by atoms with Gasteiger partial charge in [0, 0.05) is 13.2 Å². The van der Waals surface area contributed by atoms with Crippen molar-refractivity contribution in [1.29, 1.82) is 0 Å². The van der Waals surface area contributed by atoms with Gasteiger partial charge in [0.15, 0.2) is 6.71 Å². The summed E-state index contributed by atoms with van der Waals surface area (Å²) in [6.07, 6.45) is 4.23. The van der Waals surface area contributed by atoms with Crippen LogP contribution in [0.25, 0.3) is 0 Å². The van der Waals surface area contributed by atoms with E-state index in [-0.39, 0.29) is 5.56 Å². The third-order valence-electron chi connectivity index (χ3n) is 4.95. The Labute approximate surface area is 104 Å². The molecule has 1 aromatic heterocycles. The summed E-state index contributed by atoms with van der Waals surface area (Å²) in [7, 11) is 1.80. The summed E-state index contributed by atoms with van der Waals surface area (Å²) in [4.78, 5) is 11.7. The first-order valence-electron chi connectivity index (χ1n) is 6.39. The zero-order valence-electron chi connectivity index (χ0n) is 11.6. The summed E-state index contributed by atoms with van der Waals surface area (Å²) in [6, 6.07) is 3.91. The Hall–Kier alpha value is -0.985. The van der Waals surface area contributed by atoms with Crippen molar-refractivity contribution in [3.8, 4) is 0 Å². The van der Waals surface area contributed by atoms with Gasteiger partial charge in [0.25, 0.3) is 0 Å². The number of rotatable bonds is 1. The fraction of sp³-hybridized carbons (Fsp3) is 0.643. The monoisotopic (exact) mass is 231 g/mol. The van der Waals surface area contributed by atoms with Crippen LogP contribution in [0.15, 0.2) is 23.1 Å². The number of pyridine rings is 1. The van der Waals surface area contributed by atoms with Crippen LogP contribution in [-0.4, -0.2) is 11.3 Å². The van der Waals surface area contributed by atoms with Gasteiger partial charge in [-0.2, -0.15) is 0 Å². The maximum atomic E-state index is 11.7. The first kappa shape index (κ1) is 12.5. The minimum absolute atomic E-state index is 0.102. The lowest BCUT2D eigenvalue weighted by atomic mass is 9.42. The van der Waals surface area contributed by atoms with Crippen LogP contribution < -0.4 is 11.0 Å². The Kier molecular flexibility index (Phi) is 2.76. The van der Waals surface area contributed by atoms with Crippen LogP contribution in [0.5, 0.6) is 0 Å². The topological polar surface area (TPSA) is 22.0 Å². The lowest BCUT2D eigenvalue weighted by Crippen LogP contribution is -2.33. The molecule has 0 atom stereocenters. The number of hydrogen-bond acceptors (Lipinski definition) is 1. The lowest BCUT2D eigenvalue weighted by molar-refractivity contribution is 0.177. The van der Waals surface area contributed by atoms with Crippen molar-refractivity contribution >= 4 is 12.2 Å². The first-order valence-corrected chi connectivity index (χ1v) is 6.39. The molecule has 0 aliphatic carbocycles. The molecule has 0 aromatic carbocycles. The molecule has 0 unspecified atom stereocenters. The van der Waals surface area contributed by atoms with Gasteiger partial charge < -0.3 is 4.57 Å². The highest BCUT2D eigenvalue weighted by molar-refractivity contribution is 6.74. The minimum atomic E-state index is 0.102. The van der Waals surface area contributed by atoms with Crippen LogP contribution >= 0.6 is 0 Å². The summed E-state index contributed by atoms with van der Waals surface area (Å²) < 4.78 is 1.63. The average Bonchev–Trinajstić information content (AvgIpc) is 2.41. The summed E-state index contributed by atoms with van der Waals surface area (Å²) in [5.74, 6) is 0. The molecule has 0 amide bonds. The third-order valence-corrected chi connectivity index (χ3v) is 4.95. The highest BCUT2D eigenvalue weighted by Gasteiger charge is 2.48. The van der Waals surface area contributed by atoms with Crippen LogP contribution in [0, 0.1) is 10.8 Å². The van der Waals surface area contributed by atoms with E-state index in [9.17, 15) is 4.79 Å². The predicted molar refractivity (Wildman–Crippen MR) is 74.2 cm³/mol. The maximum absolute atomic E-state index is 11.7. The van der Waals surface area contributed by atoms with Crippen LogP contribution in [0.4, 0.5) is 0 Å². The lowest BCUT2D eigenvalue weighted by Gasteiger charge is -2.35. The Morgan fingerprint density at radius 3 is 2.18 bits per heavy atom. The molecule has 0 N–H and O–H groups in total.